The number of ketones is 2. The van der Waals surface area contributed by atoms with Gasteiger partial charge < -0.3 is 20.8 Å². The third kappa shape index (κ3) is 5.06. The first-order valence-corrected chi connectivity index (χ1v) is 10.3. The highest BCUT2D eigenvalue weighted by Gasteiger charge is 2.39. The minimum Gasteiger partial charge on any atom is -0.507 e. The molecule has 0 aliphatic heterocycles. The number of carbonyl (C=O) groups is 2. The number of anilines is 2. The molecule has 3 rings (SSSR count). The standard InChI is InChI=1S/C22H27FN4O6/c1-26(2,32)9-7-24-13-11-12(23)20(25-8-10-27(3,4)33)19-16(13)21(30)17-14(28)5-6-15(29)18(17)22(19)31/h5-6,11,32-33H,7-10H2,1-4H3,(H2-2,24,25,28,29,30,31)/p+2. The minimum absolute atomic E-state index is 0.0199. The Morgan fingerprint density at radius 3 is 1.73 bits per heavy atom. The molecular formula is C22H29FN4O6+2. The summed E-state index contributed by atoms with van der Waals surface area (Å²) < 4.78 is 14.4. The molecule has 0 atom stereocenters. The van der Waals surface area contributed by atoms with Gasteiger partial charge >= 0.3 is 0 Å². The minimum atomic E-state index is -0.825. The third-order valence-electron chi connectivity index (χ3n) is 5.28. The lowest BCUT2D eigenvalue weighted by atomic mass is 9.81. The van der Waals surface area contributed by atoms with Gasteiger partial charge in [-0.05, 0) is 18.2 Å². The average Bonchev–Trinajstić information content (AvgIpc) is 2.67. The first kappa shape index (κ1) is 24.4. The van der Waals surface area contributed by atoms with Crippen molar-refractivity contribution in [3.8, 4) is 11.5 Å². The van der Waals surface area contributed by atoms with Crippen LogP contribution in [0.5, 0.6) is 11.5 Å². The molecule has 0 saturated heterocycles. The van der Waals surface area contributed by atoms with Gasteiger partial charge in [0.2, 0.25) is 11.6 Å². The molecule has 1 aliphatic rings. The molecule has 33 heavy (non-hydrogen) atoms. The largest absolute Gasteiger partial charge is 0.507 e. The van der Waals surface area contributed by atoms with Gasteiger partial charge in [-0.1, -0.05) is 0 Å². The fraction of sp³-hybridized carbons (Fsp3) is 0.364. The number of fused-ring (bicyclic) bond motifs is 2. The van der Waals surface area contributed by atoms with E-state index in [4.69, 9.17) is 0 Å². The van der Waals surface area contributed by atoms with Crippen molar-refractivity contribution in [2.24, 2.45) is 0 Å². The van der Waals surface area contributed by atoms with Crippen molar-refractivity contribution >= 4 is 22.9 Å². The van der Waals surface area contributed by atoms with Crippen molar-refractivity contribution in [2.75, 3.05) is 65.0 Å². The van der Waals surface area contributed by atoms with Crippen molar-refractivity contribution < 1.29 is 43.9 Å². The van der Waals surface area contributed by atoms with Crippen molar-refractivity contribution in [2.45, 2.75) is 0 Å². The van der Waals surface area contributed by atoms with Gasteiger partial charge in [0.1, 0.15) is 30.4 Å². The lowest BCUT2D eigenvalue weighted by molar-refractivity contribution is -1.07. The van der Waals surface area contributed by atoms with Crippen LogP contribution in [0, 0.1) is 5.82 Å². The molecule has 6 N–H and O–H groups in total. The normalized spacial score (nSPS) is 13.5. The predicted molar refractivity (Wildman–Crippen MR) is 118 cm³/mol. The summed E-state index contributed by atoms with van der Waals surface area (Å²) in [5, 5.41) is 46.0. The van der Waals surface area contributed by atoms with E-state index in [1.54, 1.807) is 0 Å². The van der Waals surface area contributed by atoms with E-state index >= 15 is 4.39 Å². The van der Waals surface area contributed by atoms with E-state index in [9.17, 15) is 30.2 Å². The van der Waals surface area contributed by atoms with Gasteiger partial charge in [0.15, 0.2) is 0 Å². The zero-order valence-corrected chi connectivity index (χ0v) is 18.9. The number of hydrogen-bond donors (Lipinski definition) is 6. The molecule has 2 aromatic rings. The molecule has 2 aromatic carbocycles. The number of quaternary nitrogens is 2. The first-order valence-electron chi connectivity index (χ1n) is 10.3. The van der Waals surface area contributed by atoms with E-state index in [1.807, 2.05) is 0 Å². The summed E-state index contributed by atoms with van der Waals surface area (Å²) in [6, 6.07) is 3.25. The number of hydroxylamine groups is 6. The van der Waals surface area contributed by atoms with Crippen LogP contribution in [0.3, 0.4) is 0 Å². The second kappa shape index (κ2) is 8.60. The Kier molecular flexibility index (Phi) is 6.35. The summed E-state index contributed by atoms with van der Waals surface area (Å²) in [6.45, 7) is 0.613. The molecule has 1 aliphatic carbocycles. The number of likely N-dealkylation sites (N-methyl/N-ethyl adjacent to an activating group) is 2. The molecule has 178 valence electrons. The number of hydrogen-bond acceptors (Lipinski definition) is 8. The smallest absolute Gasteiger partial charge is 0.200 e. The Morgan fingerprint density at radius 1 is 0.788 bits per heavy atom. The van der Waals surface area contributed by atoms with Crippen LogP contribution in [0.2, 0.25) is 0 Å². The maximum absolute atomic E-state index is 15.2. The van der Waals surface area contributed by atoms with Gasteiger partial charge in [-0.3, -0.25) is 9.59 Å². The summed E-state index contributed by atoms with van der Waals surface area (Å²) in [5.41, 5.74) is -1.42. The highest BCUT2D eigenvalue weighted by Crippen LogP contribution is 2.43. The van der Waals surface area contributed by atoms with Gasteiger partial charge in [0, 0.05) is 5.69 Å². The van der Waals surface area contributed by atoms with Crippen molar-refractivity contribution in [3.63, 3.8) is 0 Å². The number of phenols is 2. The number of nitrogens with one attached hydrogen (secondary N) is 2. The molecule has 10 nitrogen and oxygen atoms in total. The molecule has 0 amide bonds. The Balaban J connectivity index is 2.15. The molecule has 0 radical (unpaired) electrons. The summed E-state index contributed by atoms with van der Waals surface area (Å²) >= 11 is 0. The lowest BCUT2D eigenvalue weighted by Gasteiger charge is -2.26. The van der Waals surface area contributed by atoms with Gasteiger partial charge in [-0.2, -0.15) is 9.29 Å². The highest BCUT2D eigenvalue weighted by atomic mass is 19.1. The van der Waals surface area contributed by atoms with Gasteiger partial charge in [0.25, 0.3) is 0 Å². The van der Waals surface area contributed by atoms with Gasteiger partial charge in [-0.15, -0.1) is 0 Å². The number of phenolic OH excluding ortho intramolecular Hbond substituents is 2. The lowest BCUT2D eigenvalue weighted by Crippen LogP contribution is -2.40. The molecule has 0 spiro atoms. The highest BCUT2D eigenvalue weighted by molar-refractivity contribution is 6.33. The Bertz CT molecular complexity index is 1120. The average molecular weight is 464 g/mol. The summed E-state index contributed by atoms with van der Waals surface area (Å²) in [4.78, 5) is 26.8. The third-order valence-corrected chi connectivity index (χ3v) is 5.28. The van der Waals surface area contributed by atoms with Crippen LogP contribution in [0.15, 0.2) is 18.2 Å². The monoisotopic (exact) mass is 464 g/mol. The van der Waals surface area contributed by atoms with E-state index in [0.29, 0.717) is 0 Å². The predicted octanol–water partition coefficient (Wildman–Crippen LogP) is 1.77. The van der Waals surface area contributed by atoms with E-state index in [2.05, 4.69) is 10.6 Å². The second-order valence-electron chi connectivity index (χ2n) is 9.09. The summed E-state index contributed by atoms with van der Waals surface area (Å²) in [7, 11) is 6.12. The number of nitrogens with zero attached hydrogens (tertiary/aromatic N) is 2. The molecule has 0 bridgehead atoms. The zero-order chi connectivity index (χ0) is 24.7. The molecule has 0 aromatic heterocycles. The SMILES string of the molecule is C[N+](C)(O)CCNc1cc(F)c(NCC[N+](C)(C)O)c2c1C(=O)c1c(O)ccc(O)c1C2=O. The number of rotatable bonds is 8. The number of halogens is 1. The zero-order valence-electron chi connectivity index (χ0n) is 18.9. The van der Waals surface area contributed by atoms with E-state index in [0.717, 1.165) is 18.2 Å². The second-order valence-corrected chi connectivity index (χ2v) is 9.09. The van der Waals surface area contributed by atoms with E-state index in [1.165, 1.54) is 28.2 Å². The summed E-state index contributed by atoms with van der Waals surface area (Å²) in [5.74, 6) is -3.39. The van der Waals surface area contributed by atoms with Crippen LogP contribution in [0.1, 0.15) is 31.8 Å². The molecule has 0 saturated carbocycles. The van der Waals surface area contributed by atoms with Gasteiger partial charge in [0.05, 0.1) is 69.2 Å². The van der Waals surface area contributed by atoms with Crippen molar-refractivity contribution in [1.82, 2.24) is 0 Å². The van der Waals surface area contributed by atoms with Crippen molar-refractivity contribution in [3.05, 3.63) is 46.3 Å². The fourth-order valence-corrected chi connectivity index (χ4v) is 3.63. The van der Waals surface area contributed by atoms with Crippen molar-refractivity contribution in [1.29, 1.82) is 0 Å². The summed E-state index contributed by atoms with van der Waals surface area (Å²) in [6.07, 6.45) is 0. The maximum Gasteiger partial charge on any atom is 0.200 e. The van der Waals surface area contributed by atoms with Crippen LogP contribution in [0.4, 0.5) is 15.8 Å². The topological polar surface area (TPSA) is 139 Å². The molecule has 11 heteroatoms. The van der Waals surface area contributed by atoms with E-state index in [-0.39, 0.29) is 58.9 Å². The van der Waals surface area contributed by atoms with Crippen LogP contribution in [-0.4, -0.2) is 95.9 Å². The molecule has 0 unspecified atom stereocenters. The quantitative estimate of drug-likeness (QED) is 0.168. The van der Waals surface area contributed by atoms with E-state index < -0.39 is 39.1 Å². The van der Waals surface area contributed by atoms with Crippen LogP contribution in [-0.2, 0) is 0 Å². The number of aromatic hydroxyl groups is 2. The van der Waals surface area contributed by atoms with Gasteiger partial charge in [-0.25, -0.2) is 14.8 Å². The Labute approximate surface area is 190 Å². The molecular weight excluding hydrogens is 435 g/mol. The Hall–Kier alpha value is -3.25. The fourth-order valence-electron chi connectivity index (χ4n) is 3.63. The number of benzene rings is 2. The Morgan fingerprint density at radius 2 is 1.24 bits per heavy atom. The van der Waals surface area contributed by atoms with Crippen LogP contribution < -0.4 is 10.6 Å². The number of carbonyl (C=O) groups excluding carboxylic acids is 2. The van der Waals surface area contributed by atoms with Crippen LogP contribution in [0.25, 0.3) is 0 Å². The molecule has 0 heterocycles. The first-order chi connectivity index (χ1) is 15.2. The molecule has 0 fully saturated rings. The maximum atomic E-state index is 15.2. The van der Waals surface area contributed by atoms with Crippen LogP contribution >= 0.6 is 0 Å².